The minimum atomic E-state index is -0.395. The molecular weight excluding hydrogens is 372 g/mol. The number of nitriles is 1. The summed E-state index contributed by atoms with van der Waals surface area (Å²) in [5.41, 5.74) is 1.82. The number of esters is 1. The Hall–Kier alpha value is -2.23. The third-order valence-electron chi connectivity index (χ3n) is 3.93. The number of ether oxygens (including phenoxy) is 1. The summed E-state index contributed by atoms with van der Waals surface area (Å²) in [6.07, 6.45) is 0.622. The van der Waals surface area contributed by atoms with Crippen molar-refractivity contribution in [3.8, 4) is 6.07 Å². The zero-order chi connectivity index (χ0) is 19.1. The molecule has 0 spiro atoms. The SMILES string of the molecule is Cc1[nH]c(=O)c(C#N)c(C)c1CCC(=O)OCCSc1ccc(Cl)cc1. The lowest BCUT2D eigenvalue weighted by Gasteiger charge is -2.10. The number of thioether (sulfide) groups is 1. The minimum absolute atomic E-state index is 0.0957. The summed E-state index contributed by atoms with van der Waals surface area (Å²) in [4.78, 5) is 27.4. The van der Waals surface area contributed by atoms with E-state index in [-0.39, 0.29) is 18.0 Å². The molecule has 0 aliphatic carbocycles. The van der Waals surface area contributed by atoms with Gasteiger partial charge in [-0.3, -0.25) is 9.59 Å². The van der Waals surface area contributed by atoms with Crippen molar-refractivity contribution in [3.05, 3.63) is 62.0 Å². The van der Waals surface area contributed by atoms with E-state index in [1.807, 2.05) is 30.3 Å². The van der Waals surface area contributed by atoms with Crippen molar-refractivity contribution in [1.29, 1.82) is 5.26 Å². The Morgan fingerprint density at radius 3 is 2.65 bits per heavy atom. The molecule has 2 aromatic rings. The smallest absolute Gasteiger partial charge is 0.306 e. The lowest BCUT2D eigenvalue weighted by atomic mass is 9.99. The molecule has 0 bridgehead atoms. The summed E-state index contributed by atoms with van der Waals surface area (Å²) in [5, 5.41) is 9.76. The van der Waals surface area contributed by atoms with E-state index in [1.165, 1.54) is 0 Å². The Labute approximate surface area is 161 Å². The summed E-state index contributed by atoms with van der Waals surface area (Å²) < 4.78 is 5.25. The molecule has 1 aromatic heterocycles. The molecule has 1 heterocycles. The monoisotopic (exact) mass is 390 g/mol. The third kappa shape index (κ3) is 5.38. The molecular formula is C19H19ClN2O3S. The van der Waals surface area contributed by atoms with Crippen LogP contribution in [0.1, 0.15) is 28.8 Å². The van der Waals surface area contributed by atoms with Crippen molar-refractivity contribution >= 4 is 29.3 Å². The molecule has 0 aliphatic rings. The van der Waals surface area contributed by atoms with E-state index in [9.17, 15) is 9.59 Å². The number of rotatable bonds is 7. The normalized spacial score (nSPS) is 10.4. The van der Waals surface area contributed by atoms with Crippen LogP contribution in [0.3, 0.4) is 0 Å². The summed E-state index contributed by atoms with van der Waals surface area (Å²) in [7, 11) is 0. The predicted molar refractivity (Wildman–Crippen MR) is 103 cm³/mol. The molecule has 2 rings (SSSR count). The summed E-state index contributed by atoms with van der Waals surface area (Å²) in [6.45, 7) is 3.81. The molecule has 0 amide bonds. The van der Waals surface area contributed by atoms with Crippen molar-refractivity contribution in [2.75, 3.05) is 12.4 Å². The Kier molecular flexibility index (Phi) is 7.31. The fourth-order valence-corrected chi connectivity index (χ4v) is 3.42. The maximum absolute atomic E-state index is 11.9. The first-order valence-electron chi connectivity index (χ1n) is 8.08. The molecule has 0 radical (unpaired) electrons. The molecule has 0 saturated heterocycles. The molecule has 136 valence electrons. The fraction of sp³-hybridized carbons (Fsp3) is 0.316. The van der Waals surface area contributed by atoms with Crippen LogP contribution in [-0.2, 0) is 16.0 Å². The van der Waals surface area contributed by atoms with Gasteiger partial charge in [-0.2, -0.15) is 5.26 Å². The van der Waals surface area contributed by atoms with Crippen molar-refractivity contribution in [2.24, 2.45) is 0 Å². The number of H-pyrrole nitrogens is 1. The topological polar surface area (TPSA) is 83.0 Å². The predicted octanol–water partition coefficient (Wildman–Crippen LogP) is 3.78. The number of carbonyl (C=O) groups is 1. The number of nitrogens with one attached hydrogen (secondary N) is 1. The highest BCUT2D eigenvalue weighted by Gasteiger charge is 2.13. The zero-order valence-electron chi connectivity index (χ0n) is 14.6. The molecule has 0 aliphatic heterocycles. The number of hydrogen-bond acceptors (Lipinski definition) is 5. The first-order valence-corrected chi connectivity index (χ1v) is 9.45. The maximum Gasteiger partial charge on any atom is 0.306 e. The van der Waals surface area contributed by atoms with Crippen LogP contribution in [0.25, 0.3) is 0 Å². The Morgan fingerprint density at radius 2 is 2.00 bits per heavy atom. The number of nitrogens with zero attached hydrogens (tertiary/aromatic N) is 1. The average molecular weight is 391 g/mol. The van der Waals surface area contributed by atoms with Crippen LogP contribution in [0.15, 0.2) is 34.0 Å². The van der Waals surface area contributed by atoms with Gasteiger partial charge in [0.25, 0.3) is 5.56 Å². The first kappa shape index (κ1) is 20.1. The second-order valence-corrected chi connectivity index (χ2v) is 7.30. The van der Waals surface area contributed by atoms with Gasteiger partial charge in [-0.25, -0.2) is 0 Å². The van der Waals surface area contributed by atoms with E-state index in [0.29, 0.717) is 35.1 Å². The highest BCUT2D eigenvalue weighted by atomic mass is 35.5. The number of aromatic nitrogens is 1. The van der Waals surface area contributed by atoms with Crippen LogP contribution in [0.5, 0.6) is 0 Å². The van der Waals surface area contributed by atoms with Gasteiger partial charge in [-0.1, -0.05) is 11.6 Å². The molecule has 1 N–H and O–H groups in total. The average Bonchev–Trinajstić information content (AvgIpc) is 2.60. The minimum Gasteiger partial charge on any atom is -0.465 e. The van der Waals surface area contributed by atoms with Gasteiger partial charge in [0.05, 0.1) is 0 Å². The standard InChI is InChI=1S/C19H19ClN2O3S/c1-12-16(13(2)22-19(24)17(12)11-21)7-8-18(23)25-9-10-26-15-5-3-14(20)4-6-15/h3-6H,7-10H2,1-2H3,(H,22,24). The molecule has 0 unspecified atom stereocenters. The molecule has 26 heavy (non-hydrogen) atoms. The molecule has 5 nitrogen and oxygen atoms in total. The highest BCUT2D eigenvalue weighted by Crippen LogP contribution is 2.20. The van der Waals surface area contributed by atoms with Gasteiger partial charge in [0.2, 0.25) is 0 Å². The van der Waals surface area contributed by atoms with Gasteiger partial charge >= 0.3 is 5.97 Å². The number of aryl methyl sites for hydroxylation is 1. The molecule has 0 atom stereocenters. The third-order valence-corrected chi connectivity index (χ3v) is 5.16. The van der Waals surface area contributed by atoms with Crippen LogP contribution < -0.4 is 5.56 Å². The number of aromatic amines is 1. The van der Waals surface area contributed by atoms with E-state index in [4.69, 9.17) is 21.6 Å². The van der Waals surface area contributed by atoms with Gasteiger partial charge in [0.15, 0.2) is 0 Å². The van der Waals surface area contributed by atoms with Crippen LogP contribution in [-0.4, -0.2) is 23.3 Å². The maximum atomic E-state index is 11.9. The summed E-state index contributed by atoms with van der Waals surface area (Å²) in [6, 6.07) is 9.39. The summed E-state index contributed by atoms with van der Waals surface area (Å²) in [5.74, 6) is 0.355. The van der Waals surface area contributed by atoms with E-state index >= 15 is 0 Å². The summed E-state index contributed by atoms with van der Waals surface area (Å²) >= 11 is 7.42. The van der Waals surface area contributed by atoms with Crippen molar-refractivity contribution < 1.29 is 9.53 Å². The van der Waals surface area contributed by atoms with Crippen molar-refractivity contribution in [1.82, 2.24) is 4.98 Å². The van der Waals surface area contributed by atoms with Gasteiger partial charge in [-0.15, -0.1) is 11.8 Å². The second-order valence-electron chi connectivity index (χ2n) is 5.69. The quantitative estimate of drug-likeness (QED) is 0.442. The van der Waals surface area contributed by atoms with Gasteiger partial charge in [-0.05, 0) is 55.7 Å². The number of benzene rings is 1. The first-order chi connectivity index (χ1) is 12.4. The van der Waals surface area contributed by atoms with Gasteiger partial charge in [0.1, 0.15) is 18.2 Å². The molecule has 1 aromatic carbocycles. The highest BCUT2D eigenvalue weighted by molar-refractivity contribution is 7.99. The van der Waals surface area contributed by atoms with E-state index in [1.54, 1.807) is 25.6 Å². The van der Waals surface area contributed by atoms with Crippen LogP contribution >= 0.6 is 23.4 Å². The zero-order valence-corrected chi connectivity index (χ0v) is 16.2. The van der Waals surface area contributed by atoms with E-state index in [2.05, 4.69) is 4.98 Å². The lowest BCUT2D eigenvalue weighted by Crippen LogP contribution is -2.17. The van der Waals surface area contributed by atoms with Crippen molar-refractivity contribution in [3.63, 3.8) is 0 Å². The molecule has 7 heteroatoms. The number of pyridine rings is 1. The van der Waals surface area contributed by atoms with Crippen LogP contribution in [0, 0.1) is 25.2 Å². The van der Waals surface area contributed by atoms with E-state index in [0.717, 1.165) is 10.5 Å². The number of hydrogen-bond donors (Lipinski definition) is 1. The van der Waals surface area contributed by atoms with Gasteiger partial charge in [0, 0.05) is 27.8 Å². The molecule has 0 fully saturated rings. The van der Waals surface area contributed by atoms with Crippen LogP contribution in [0.4, 0.5) is 0 Å². The fourth-order valence-electron chi connectivity index (χ4n) is 2.57. The Morgan fingerprint density at radius 1 is 1.31 bits per heavy atom. The van der Waals surface area contributed by atoms with Gasteiger partial charge < -0.3 is 9.72 Å². The van der Waals surface area contributed by atoms with Crippen molar-refractivity contribution in [2.45, 2.75) is 31.6 Å². The Bertz CT molecular complexity index is 885. The lowest BCUT2D eigenvalue weighted by molar-refractivity contribution is -0.142. The second kappa shape index (κ2) is 9.46. The largest absolute Gasteiger partial charge is 0.465 e. The van der Waals surface area contributed by atoms with E-state index < -0.39 is 5.56 Å². The number of carbonyl (C=O) groups excluding carboxylic acids is 1. The van der Waals surface area contributed by atoms with Crippen LogP contribution in [0.2, 0.25) is 5.02 Å². The Balaban J connectivity index is 1.81. The number of halogens is 1. The molecule has 0 saturated carbocycles.